The van der Waals surface area contributed by atoms with Gasteiger partial charge in [-0.1, -0.05) is 24.0 Å². The van der Waals surface area contributed by atoms with Crippen LogP contribution >= 0.6 is 0 Å². The molecule has 0 aliphatic carbocycles. The van der Waals surface area contributed by atoms with Gasteiger partial charge in [0.1, 0.15) is 6.61 Å². The SMILES string of the molecule is COCCC(C)NS(=O)(=O)c1ccccc1C#CCO. The highest BCUT2D eigenvalue weighted by atomic mass is 32.2. The summed E-state index contributed by atoms with van der Waals surface area (Å²) >= 11 is 0. The molecule has 6 heteroatoms. The van der Waals surface area contributed by atoms with Crippen molar-refractivity contribution in [3.8, 4) is 11.8 Å². The predicted octanol–water partition coefficient (Wildman–Crippen LogP) is 0.734. The van der Waals surface area contributed by atoms with Gasteiger partial charge in [-0.25, -0.2) is 13.1 Å². The molecule has 0 amide bonds. The van der Waals surface area contributed by atoms with Gasteiger partial charge >= 0.3 is 0 Å². The Labute approximate surface area is 120 Å². The summed E-state index contributed by atoms with van der Waals surface area (Å²) in [5, 5.41) is 8.71. The Bertz CT molecular complexity index is 587. The Hall–Kier alpha value is -1.39. The van der Waals surface area contributed by atoms with E-state index in [1.165, 1.54) is 6.07 Å². The zero-order valence-corrected chi connectivity index (χ0v) is 12.4. The lowest BCUT2D eigenvalue weighted by Gasteiger charge is -2.14. The largest absolute Gasteiger partial charge is 0.385 e. The van der Waals surface area contributed by atoms with E-state index in [9.17, 15) is 8.42 Å². The van der Waals surface area contributed by atoms with Gasteiger partial charge in [-0.05, 0) is 25.5 Å². The number of hydrogen-bond acceptors (Lipinski definition) is 4. The first-order valence-corrected chi connectivity index (χ1v) is 7.69. The minimum absolute atomic E-state index is 0.116. The van der Waals surface area contributed by atoms with E-state index in [1.807, 2.05) is 0 Å². The molecule has 5 nitrogen and oxygen atoms in total. The van der Waals surface area contributed by atoms with Gasteiger partial charge in [-0.3, -0.25) is 0 Å². The number of rotatable bonds is 6. The third-order valence-corrected chi connectivity index (χ3v) is 4.24. The van der Waals surface area contributed by atoms with Crippen LogP contribution < -0.4 is 4.72 Å². The molecule has 0 aliphatic rings. The molecular formula is C14H19NO4S. The second kappa shape index (κ2) is 8.02. The first kappa shape index (κ1) is 16.7. The number of aliphatic hydroxyl groups excluding tert-OH is 1. The van der Waals surface area contributed by atoms with E-state index in [-0.39, 0.29) is 17.5 Å². The van der Waals surface area contributed by atoms with Crippen LogP contribution in [0.4, 0.5) is 0 Å². The zero-order chi connectivity index (χ0) is 15.0. The first-order valence-electron chi connectivity index (χ1n) is 6.21. The van der Waals surface area contributed by atoms with Crippen molar-refractivity contribution >= 4 is 10.0 Å². The average Bonchev–Trinajstić information content (AvgIpc) is 2.42. The molecule has 0 fully saturated rings. The van der Waals surface area contributed by atoms with Crippen molar-refractivity contribution in [1.82, 2.24) is 4.72 Å². The monoisotopic (exact) mass is 297 g/mol. The third kappa shape index (κ3) is 4.94. The smallest absolute Gasteiger partial charge is 0.242 e. The number of methoxy groups -OCH3 is 1. The van der Waals surface area contributed by atoms with Crippen LogP contribution in [0.1, 0.15) is 18.9 Å². The van der Waals surface area contributed by atoms with Gasteiger partial charge in [-0.2, -0.15) is 0 Å². The number of nitrogens with one attached hydrogen (secondary N) is 1. The van der Waals surface area contributed by atoms with E-state index in [4.69, 9.17) is 9.84 Å². The summed E-state index contributed by atoms with van der Waals surface area (Å²) < 4.78 is 32.1. The number of benzene rings is 1. The maximum Gasteiger partial charge on any atom is 0.242 e. The fourth-order valence-corrected chi connectivity index (χ4v) is 3.06. The fraction of sp³-hybridized carbons (Fsp3) is 0.429. The Morgan fingerprint density at radius 3 is 2.75 bits per heavy atom. The molecule has 1 atom stereocenters. The van der Waals surface area contributed by atoms with Crippen molar-refractivity contribution in [2.75, 3.05) is 20.3 Å². The second-order valence-electron chi connectivity index (χ2n) is 4.26. The summed E-state index contributed by atoms with van der Waals surface area (Å²) in [5.41, 5.74) is 0.369. The number of aliphatic hydroxyl groups is 1. The van der Waals surface area contributed by atoms with Crippen molar-refractivity contribution < 1.29 is 18.3 Å². The number of ether oxygens (including phenoxy) is 1. The second-order valence-corrected chi connectivity index (χ2v) is 5.94. The summed E-state index contributed by atoms with van der Waals surface area (Å²) in [4.78, 5) is 0.116. The maximum absolute atomic E-state index is 12.3. The molecule has 0 saturated carbocycles. The summed E-state index contributed by atoms with van der Waals surface area (Å²) in [7, 11) is -2.07. The van der Waals surface area contributed by atoms with E-state index in [1.54, 1.807) is 32.2 Å². The molecular weight excluding hydrogens is 278 g/mol. The van der Waals surface area contributed by atoms with Gasteiger partial charge in [0, 0.05) is 25.3 Å². The standard InChI is InChI=1S/C14H19NO4S/c1-12(9-11-19-2)15-20(17,18)14-8-4-3-6-13(14)7-5-10-16/h3-4,6,8,12,15-16H,9-11H2,1-2H3. The van der Waals surface area contributed by atoms with E-state index in [0.29, 0.717) is 18.6 Å². The molecule has 0 radical (unpaired) electrons. The molecule has 0 bridgehead atoms. The van der Waals surface area contributed by atoms with Crippen LogP contribution in [0.15, 0.2) is 29.2 Å². The quantitative estimate of drug-likeness (QED) is 0.759. The minimum Gasteiger partial charge on any atom is -0.385 e. The first-order chi connectivity index (χ1) is 9.51. The van der Waals surface area contributed by atoms with Gasteiger partial charge in [0.05, 0.1) is 4.90 Å². The molecule has 1 aromatic carbocycles. The summed E-state index contributed by atoms with van der Waals surface area (Å²) in [5.74, 6) is 5.10. The Kier molecular flexibility index (Phi) is 6.68. The average molecular weight is 297 g/mol. The molecule has 1 unspecified atom stereocenters. The van der Waals surface area contributed by atoms with Crippen LogP contribution in [-0.2, 0) is 14.8 Å². The molecule has 0 saturated heterocycles. The van der Waals surface area contributed by atoms with Crippen LogP contribution in [0.5, 0.6) is 0 Å². The molecule has 1 aromatic rings. The van der Waals surface area contributed by atoms with E-state index in [2.05, 4.69) is 16.6 Å². The highest BCUT2D eigenvalue weighted by Crippen LogP contribution is 2.15. The molecule has 1 rings (SSSR count). The minimum atomic E-state index is -3.64. The van der Waals surface area contributed by atoms with Crippen molar-refractivity contribution in [2.45, 2.75) is 24.3 Å². The Balaban J connectivity index is 2.98. The van der Waals surface area contributed by atoms with E-state index in [0.717, 1.165) is 0 Å². The molecule has 0 aliphatic heterocycles. The zero-order valence-electron chi connectivity index (χ0n) is 11.6. The van der Waals surface area contributed by atoms with Gasteiger partial charge < -0.3 is 9.84 Å². The van der Waals surface area contributed by atoms with Crippen LogP contribution in [-0.4, -0.2) is 39.9 Å². The van der Waals surface area contributed by atoms with Crippen molar-refractivity contribution in [1.29, 1.82) is 0 Å². The van der Waals surface area contributed by atoms with Gasteiger partial charge in [0.15, 0.2) is 0 Å². The van der Waals surface area contributed by atoms with Crippen LogP contribution in [0.25, 0.3) is 0 Å². The predicted molar refractivity (Wildman–Crippen MR) is 76.7 cm³/mol. The normalized spacial score (nSPS) is 12.6. The molecule has 2 N–H and O–H groups in total. The van der Waals surface area contributed by atoms with E-state index < -0.39 is 10.0 Å². The number of hydrogen-bond donors (Lipinski definition) is 2. The summed E-state index contributed by atoms with van der Waals surface area (Å²) in [6.07, 6.45) is 0.584. The molecule has 110 valence electrons. The van der Waals surface area contributed by atoms with Crippen LogP contribution in [0.3, 0.4) is 0 Å². The topological polar surface area (TPSA) is 75.6 Å². The summed E-state index contributed by atoms with van der Waals surface area (Å²) in [6.45, 7) is 1.94. The van der Waals surface area contributed by atoms with Crippen LogP contribution in [0, 0.1) is 11.8 Å². The Morgan fingerprint density at radius 1 is 1.40 bits per heavy atom. The van der Waals surface area contributed by atoms with Crippen molar-refractivity contribution in [3.05, 3.63) is 29.8 Å². The van der Waals surface area contributed by atoms with Crippen molar-refractivity contribution in [3.63, 3.8) is 0 Å². The molecule has 0 spiro atoms. The maximum atomic E-state index is 12.3. The fourth-order valence-electron chi connectivity index (χ4n) is 1.62. The molecule has 0 heterocycles. The third-order valence-electron chi connectivity index (χ3n) is 2.59. The van der Waals surface area contributed by atoms with Gasteiger partial charge in [-0.15, -0.1) is 0 Å². The molecule has 20 heavy (non-hydrogen) atoms. The molecule has 0 aromatic heterocycles. The Morgan fingerprint density at radius 2 is 2.10 bits per heavy atom. The highest BCUT2D eigenvalue weighted by Gasteiger charge is 2.19. The van der Waals surface area contributed by atoms with Crippen LogP contribution in [0.2, 0.25) is 0 Å². The lowest BCUT2D eigenvalue weighted by atomic mass is 10.2. The highest BCUT2D eigenvalue weighted by molar-refractivity contribution is 7.89. The van der Waals surface area contributed by atoms with Gasteiger partial charge in [0.25, 0.3) is 0 Å². The lowest BCUT2D eigenvalue weighted by Crippen LogP contribution is -2.33. The lowest BCUT2D eigenvalue weighted by molar-refractivity contribution is 0.188. The summed E-state index contributed by atoms with van der Waals surface area (Å²) in [6, 6.07) is 6.20. The number of sulfonamides is 1. The van der Waals surface area contributed by atoms with E-state index >= 15 is 0 Å². The van der Waals surface area contributed by atoms with Crippen molar-refractivity contribution in [2.24, 2.45) is 0 Å². The van der Waals surface area contributed by atoms with Gasteiger partial charge in [0.2, 0.25) is 10.0 Å².